The highest BCUT2D eigenvalue weighted by Crippen LogP contribution is 2.29. The van der Waals surface area contributed by atoms with Crippen LogP contribution < -0.4 is 10.1 Å². The number of rotatable bonds is 5. The molecule has 0 aliphatic heterocycles. The van der Waals surface area contributed by atoms with E-state index in [4.69, 9.17) is 4.74 Å². The van der Waals surface area contributed by atoms with E-state index in [1.54, 1.807) is 19.1 Å². The van der Waals surface area contributed by atoms with Crippen LogP contribution in [0.1, 0.15) is 25.9 Å². The Labute approximate surface area is 168 Å². The number of benzene rings is 2. The summed E-state index contributed by atoms with van der Waals surface area (Å²) >= 11 is 2.72. The Morgan fingerprint density at radius 2 is 1.89 bits per heavy atom. The van der Waals surface area contributed by atoms with Crippen molar-refractivity contribution in [3.63, 3.8) is 0 Å². The van der Waals surface area contributed by atoms with Crippen LogP contribution in [0.3, 0.4) is 0 Å². The Hall–Kier alpha value is -2.84. The van der Waals surface area contributed by atoms with Crippen molar-refractivity contribution in [1.82, 2.24) is 9.97 Å². The SMILES string of the molecule is Cc1nc(COc2ccc(F)cc2)sc1C(=O)Nc1nc2c(C)cccc2s1. The number of nitrogens with one attached hydrogen (secondary N) is 1. The van der Waals surface area contributed by atoms with Crippen molar-refractivity contribution in [3.8, 4) is 5.75 Å². The van der Waals surface area contributed by atoms with Crippen molar-refractivity contribution in [1.29, 1.82) is 0 Å². The van der Waals surface area contributed by atoms with Crippen LogP contribution in [0, 0.1) is 19.7 Å². The van der Waals surface area contributed by atoms with E-state index in [1.165, 1.54) is 34.8 Å². The highest BCUT2D eigenvalue weighted by Gasteiger charge is 2.17. The van der Waals surface area contributed by atoms with E-state index in [9.17, 15) is 9.18 Å². The number of aryl methyl sites for hydroxylation is 2. The zero-order chi connectivity index (χ0) is 19.7. The zero-order valence-electron chi connectivity index (χ0n) is 15.2. The van der Waals surface area contributed by atoms with Crippen LogP contribution >= 0.6 is 22.7 Å². The Kier molecular flexibility index (Phi) is 5.06. The van der Waals surface area contributed by atoms with Gasteiger partial charge in [-0.2, -0.15) is 0 Å². The van der Waals surface area contributed by atoms with E-state index in [0.717, 1.165) is 15.8 Å². The van der Waals surface area contributed by atoms with Gasteiger partial charge in [-0.25, -0.2) is 14.4 Å². The lowest BCUT2D eigenvalue weighted by atomic mass is 10.2. The van der Waals surface area contributed by atoms with E-state index in [-0.39, 0.29) is 18.3 Å². The molecule has 0 atom stereocenters. The number of amides is 1. The highest BCUT2D eigenvalue weighted by atomic mass is 32.1. The summed E-state index contributed by atoms with van der Waals surface area (Å²) in [7, 11) is 0. The molecule has 8 heteroatoms. The third-order valence-corrected chi connectivity index (χ3v) is 6.13. The average molecular weight is 413 g/mol. The summed E-state index contributed by atoms with van der Waals surface area (Å²) in [5.41, 5.74) is 2.61. The number of nitrogens with zero attached hydrogens (tertiary/aromatic N) is 2. The van der Waals surface area contributed by atoms with E-state index < -0.39 is 0 Å². The minimum atomic E-state index is -0.318. The summed E-state index contributed by atoms with van der Waals surface area (Å²) in [4.78, 5) is 22.1. The highest BCUT2D eigenvalue weighted by molar-refractivity contribution is 7.22. The maximum atomic E-state index is 12.9. The smallest absolute Gasteiger partial charge is 0.269 e. The molecule has 0 unspecified atom stereocenters. The predicted molar refractivity (Wildman–Crippen MR) is 110 cm³/mol. The molecule has 1 N–H and O–H groups in total. The van der Waals surface area contributed by atoms with Crippen molar-refractivity contribution in [3.05, 3.63) is 69.4 Å². The molecular formula is C20H16FN3O2S2. The zero-order valence-corrected chi connectivity index (χ0v) is 16.8. The molecule has 0 bridgehead atoms. The molecule has 142 valence electrons. The standard InChI is InChI=1S/C20H16FN3O2S2/c1-11-4-3-5-15-17(11)23-20(27-15)24-19(25)18-12(2)22-16(28-18)10-26-14-8-6-13(21)7-9-14/h3-9H,10H2,1-2H3,(H,23,24,25). The second-order valence-corrected chi connectivity index (χ2v) is 8.27. The molecule has 0 saturated carbocycles. The van der Waals surface area contributed by atoms with E-state index in [0.29, 0.717) is 26.5 Å². The van der Waals surface area contributed by atoms with Gasteiger partial charge >= 0.3 is 0 Å². The molecule has 0 fully saturated rings. The van der Waals surface area contributed by atoms with Crippen molar-refractivity contribution in [2.45, 2.75) is 20.5 Å². The lowest BCUT2D eigenvalue weighted by Crippen LogP contribution is -2.11. The molecule has 0 aliphatic carbocycles. The summed E-state index contributed by atoms with van der Waals surface area (Å²) in [6.07, 6.45) is 0. The summed E-state index contributed by atoms with van der Waals surface area (Å²) in [6, 6.07) is 11.7. The Morgan fingerprint density at radius 1 is 1.11 bits per heavy atom. The number of ether oxygens (including phenoxy) is 1. The molecule has 0 radical (unpaired) electrons. The topological polar surface area (TPSA) is 64.1 Å². The summed E-state index contributed by atoms with van der Waals surface area (Å²) in [6.45, 7) is 3.99. The first kappa shape index (κ1) is 18.5. The maximum absolute atomic E-state index is 12.9. The van der Waals surface area contributed by atoms with E-state index in [2.05, 4.69) is 15.3 Å². The molecule has 2 heterocycles. The van der Waals surface area contributed by atoms with Gasteiger partial charge in [0.2, 0.25) is 0 Å². The van der Waals surface area contributed by atoms with Gasteiger partial charge in [-0.3, -0.25) is 10.1 Å². The molecule has 0 spiro atoms. The first-order valence-electron chi connectivity index (χ1n) is 8.52. The number of para-hydroxylation sites is 1. The Morgan fingerprint density at radius 3 is 2.64 bits per heavy atom. The number of fused-ring (bicyclic) bond motifs is 1. The van der Waals surface area contributed by atoms with Gasteiger partial charge in [-0.05, 0) is 49.7 Å². The number of aromatic nitrogens is 2. The van der Waals surface area contributed by atoms with Crippen molar-refractivity contribution in [2.75, 3.05) is 5.32 Å². The molecule has 2 aromatic carbocycles. The van der Waals surface area contributed by atoms with Gasteiger partial charge in [0.1, 0.15) is 28.1 Å². The lowest BCUT2D eigenvalue weighted by molar-refractivity contribution is 0.103. The van der Waals surface area contributed by atoms with Gasteiger partial charge in [0.25, 0.3) is 5.91 Å². The molecule has 0 saturated heterocycles. The van der Waals surface area contributed by atoms with Crippen molar-refractivity contribution in [2.24, 2.45) is 0 Å². The first-order valence-corrected chi connectivity index (χ1v) is 10.1. The fraction of sp³-hybridized carbons (Fsp3) is 0.150. The van der Waals surface area contributed by atoms with E-state index >= 15 is 0 Å². The second-order valence-electron chi connectivity index (χ2n) is 6.16. The number of halogens is 1. The molecule has 28 heavy (non-hydrogen) atoms. The Balaban J connectivity index is 1.46. The fourth-order valence-corrected chi connectivity index (χ4v) is 4.51. The van der Waals surface area contributed by atoms with Gasteiger partial charge in [0, 0.05) is 0 Å². The van der Waals surface area contributed by atoms with Crippen molar-refractivity contribution < 1.29 is 13.9 Å². The minimum absolute atomic E-state index is 0.213. The van der Waals surface area contributed by atoms with Gasteiger partial charge in [-0.1, -0.05) is 23.5 Å². The monoisotopic (exact) mass is 413 g/mol. The second kappa shape index (κ2) is 7.65. The van der Waals surface area contributed by atoms with Gasteiger partial charge in [0.15, 0.2) is 5.13 Å². The van der Waals surface area contributed by atoms with Crippen LogP contribution in [0.25, 0.3) is 10.2 Å². The Bertz CT molecular complexity index is 1150. The van der Waals surface area contributed by atoms with Crippen LogP contribution in [0.4, 0.5) is 9.52 Å². The molecular weight excluding hydrogens is 397 g/mol. The first-order chi connectivity index (χ1) is 13.5. The summed E-state index contributed by atoms with van der Waals surface area (Å²) in [5, 5.41) is 4.10. The number of carbonyl (C=O) groups excluding carboxylic acids is 1. The van der Waals surface area contributed by atoms with Gasteiger partial charge in [0.05, 0.1) is 15.9 Å². The predicted octanol–water partition coefficient (Wildman–Crippen LogP) is 5.34. The number of hydrogen-bond donors (Lipinski definition) is 1. The molecule has 2 aromatic heterocycles. The maximum Gasteiger partial charge on any atom is 0.269 e. The van der Waals surface area contributed by atoms with Gasteiger partial charge in [-0.15, -0.1) is 11.3 Å². The van der Waals surface area contributed by atoms with Crippen LogP contribution in [-0.4, -0.2) is 15.9 Å². The minimum Gasteiger partial charge on any atom is -0.486 e. The third kappa shape index (κ3) is 3.88. The molecule has 1 amide bonds. The summed E-state index contributed by atoms with van der Waals surface area (Å²) < 4.78 is 19.6. The van der Waals surface area contributed by atoms with Crippen LogP contribution in [0.2, 0.25) is 0 Å². The van der Waals surface area contributed by atoms with Crippen molar-refractivity contribution >= 4 is 43.9 Å². The van der Waals surface area contributed by atoms with Crippen LogP contribution in [0.5, 0.6) is 5.75 Å². The fourth-order valence-electron chi connectivity index (χ4n) is 2.69. The van der Waals surface area contributed by atoms with E-state index in [1.807, 2.05) is 25.1 Å². The quantitative estimate of drug-likeness (QED) is 0.480. The number of carbonyl (C=O) groups is 1. The molecule has 4 aromatic rings. The lowest BCUT2D eigenvalue weighted by Gasteiger charge is -2.03. The van der Waals surface area contributed by atoms with Crippen LogP contribution in [-0.2, 0) is 6.61 Å². The summed E-state index contributed by atoms with van der Waals surface area (Å²) in [5.74, 6) is -0.00807. The van der Waals surface area contributed by atoms with Gasteiger partial charge < -0.3 is 4.74 Å². The molecule has 5 nitrogen and oxygen atoms in total. The molecule has 0 aliphatic rings. The number of anilines is 1. The third-order valence-electron chi connectivity index (χ3n) is 4.06. The number of thiazole rings is 2. The number of hydrogen-bond acceptors (Lipinski definition) is 6. The average Bonchev–Trinajstić information content (AvgIpc) is 3.25. The molecule has 4 rings (SSSR count). The largest absolute Gasteiger partial charge is 0.486 e. The van der Waals surface area contributed by atoms with Crippen LogP contribution in [0.15, 0.2) is 42.5 Å². The normalized spacial score (nSPS) is 11.0.